The number of rotatable bonds is 6. The molecule has 8 nitrogen and oxygen atoms in total. The van der Waals surface area contributed by atoms with E-state index < -0.39 is 28.0 Å². The number of benzene rings is 3. The van der Waals surface area contributed by atoms with Gasteiger partial charge in [0.1, 0.15) is 11.6 Å². The van der Waals surface area contributed by atoms with E-state index in [-0.39, 0.29) is 33.4 Å². The molecule has 0 unspecified atom stereocenters. The molecule has 0 atom stereocenters. The van der Waals surface area contributed by atoms with Crippen molar-refractivity contribution in [1.29, 1.82) is 0 Å². The lowest BCUT2D eigenvalue weighted by Gasteiger charge is -2.14. The van der Waals surface area contributed by atoms with Gasteiger partial charge in [-0.25, -0.2) is 13.8 Å². The van der Waals surface area contributed by atoms with Crippen LogP contribution >= 0.6 is 11.8 Å². The number of aromatic nitrogens is 2. The Kier molecular flexibility index (Phi) is 6.37. The zero-order valence-corrected chi connectivity index (χ0v) is 18.4. The molecule has 0 aliphatic carbocycles. The zero-order valence-electron chi connectivity index (χ0n) is 17.6. The number of nitro benzene ring substituents is 1. The van der Waals surface area contributed by atoms with Gasteiger partial charge in [0.15, 0.2) is 5.16 Å². The number of nitro groups is 1. The third kappa shape index (κ3) is 4.64. The van der Waals surface area contributed by atoms with Crippen molar-refractivity contribution < 1.29 is 18.5 Å². The Balaban J connectivity index is 1.66. The monoisotopic (exact) mass is 482 g/mol. The van der Waals surface area contributed by atoms with Crippen molar-refractivity contribution in [2.45, 2.75) is 12.1 Å². The number of nitrogens with zero attached hydrogens (tertiary/aromatic N) is 3. The summed E-state index contributed by atoms with van der Waals surface area (Å²) in [6, 6.07) is 13.6. The number of aryl methyl sites for hydroxylation is 1. The van der Waals surface area contributed by atoms with E-state index in [0.717, 1.165) is 28.5 Å². The van der Waals surface area contributed by atoms with Crippen molar-refractivity contribution in [3.8, 4) is 5.69 Å². The lowest BCUT2D eigenvalue weighted by molar-refractivity contribution is -0.385. The number of anilines is 1. The summed E-state index contributed by atoms with van der Waals surface area (Å²) in [5.41, 5.74) is 0.111. The third-order valence-corrected chi connectivity index (χ3v) is 5.86. The van der Waals surface area contributed by atoms with Crippen molar-refractivity contribution in [3.63, 3.8) is 0 Å². The standard InChI is InChI=1S/C23H16F2N4O4S/c1-13-6-8-15(11-20(13)29(32)33)26-21(30)12-34-23-27-18-5-3-2-4-16(18)22(31)28(23)19-9-7-14(24)10-17(19)25/h2-11H,12H2,1H3,(H,26,30). The minimum atomic E-state index is -0.961. The summed E-state index contributed by atoms with van der Waals surface area (Å²) in [5, 5.41) is 13.9. The number of carbonyl (C=O) groups is 1. The highest BCUT2D eigenvalue weighted by Gasteiger charge is 2.18. The third-order valence-electron chi connectivity index (χ3n) is 4.92. The van der Waals surface area contributed by atoms with Crippen LogP contribution in [0.1, 0.15) is 5.56 Å². The Morgan fingerprint density at radius 2 is 1.91 bits per heavy atom. The predicted octanol–water partition coefficient (Wildman–Crippen LogP) is 4.61. The Hall–Kier alpha value is -4.12. The number of fused-ring (bicyclic) bond motifs is 1. The summed E-state index contributed by atoms with van der Waals surface area (Å²) < 4.78 is 29.0. The van der Waals surface area contributed by atoms with Crippen molar-refractivity contribution >= 4 is 39.9 Å². The van der Waals surface area contributed by atoms with Crippen molar-refractivity contribution in [3.05, 3.63) is 98.3 Å². The first kappa shape index (κ1) is 23.1. The molecule has 34 heavy (non-hydrogen) atoms. The second kappa shape index (κ2) is 9.40. The number of para-hydroxylation sites is 1. The normalized spacial score (nSPS) is 10.9. The first-order valence-corrected chi connectivity index (χ1v) is 10.9. The number of thioether (sulfide) groups is 1. The van der Waals surface area contributed by atoms with Gasteiger partial charge in [-0.1, -0.05) is 30.0 Å². The van der Waals surface area contributed by atoms with Gasteiger partial charge in [-0.2, -0.15) is 0 Å². The Bertz CT molecular complexity index is 1510. The molecule has 4 aromatic rings. The molecule has 0 aliphatic rings. The van der Waals surface area contributed by atoms with E-state index in [4.69, 9.17) is 0 Å². The Labute approximate surface area is 195 Å². The van der Waals surface area contributed by atoms with Crippen LogP contribution in [0.3, 0.4) is 0 Å². The largest absolute Gasteiger partial charge is 0.325 e. The van der Waals surface area contributed by atoms with Crippen LogP contribution in [-0.2, 0) is 4.79 Å². The molecular formula is C23H16F2N4O4S. The smallest absolute Gasteiger partial charge is 0.274 e. The molecule has 11 heteroatoms. The first-order valence-electron chi connectivity index (χ1n) is 9.89. The minimum Gasteiger partial charge on any atom is -0.325 e. The Morgan fingerprint density at radius 1 is 1.15 bits per heavy atom. The zero-order chi connectivity index (χ0) is 24.4. The minimum absolute atomic E-state index is 0.0271. The summed E-state index contributed by atoms with van der Waals surface area (Å²) in [6.07, 6.45) is 0. The molecule has 0 saturated carbocycles. The first-order chi connectivity index (χ1) is 16.2. The average Bonchev–Trinajstić information content (AvgIpc) is 2.80. The molecule has 0 aliphatic heterocycles. The summed E-state index contributed by atoms with van der Waals surface area (Å²) in [4.78, 5) is 40.6. The predicted molar refractivity (Wildman–Crippen MR) is 124 cm³/mol. The van der Waals surface area contributed by atoms with Crippen LogP contribution in [0.15, 0.2) is 70.6 Å². The highest BCUT2D eigenvalue weighted by molar-refractivity contribution is 7.99. The fourth-order valence-electron chi connectivity index (χ4n) is 3.30. The number of nitrogens with one attached hydrogen (secondary N) is 1. The molecule has 0 radical (unpaired) electrons. The van der Waals surface area contributed by atoms with E-state index in [1.807, 2.05) is 0 Å². The summed E-state index contributed by atoms with van der Waals surface area (Å²) >= 11 is 0.870. The van der Waals surface area contributed by atoms with Gasteiger partial charge in [0.25, 0.3) is 11.2 Å². The van der Waals surface area contributed by atoms with Crippen LogP contribution in [-0.4, -0.2) is 26.1 Å². The van der Waals surface area contributed by atoms with E-state index in [1.54, 1.807) is 25.1 Å². The molecule has 0 fully saturated rings. The van der Waals surface area contributed by atoms with Crippen LogP contribution in [0.4, 0.5) is 20.2 Å². The van der Waals surface area contributed by atoms with E-state index >= 15 is 0 Å². The molecule has 172 valence electrons. The van der Waals surface area contributed by atoms with Crippen molar-refractivity contribution in [2.24, 2.45) is 0 Å². The molecule has 0 bridgehead atoms. The number of amides is 1. The maximum atomic E-state index is 14.5. The molecular weight excluding hydrogens is 466 g/mol. The van der Waals surface area contributed by atoms with E-state index in [0.29, 0.717) is 17.1 Å². The van der Waals surface area contributed by atoms with Crippen LogP contribution in [0.25, 0.3) is 16.6 Å². The fraction of sp³-hybridized carbons (Fsp3) is 0.0870. The van der Waals surface area contributed by atoms with Gasteiger partial charge in [-0.05, 0) is 37.3 Å². The van der Waals surface area contributed by atoms with Crippen LogP contribution < -0.4 is 10.9 Å². The second-order valence-electron chi connectivity index (χ2n) is 7.24. The number of hydrogen-bond donors (Lipinski definition) is 1. The van der Waals surface area contributed by atoms with E-state index in [9.17, 15) is 28.5 Å². The quantitative estimate of drug-likeness (QED) is 0.186. The highest BCUT2D eigenvalue weighted by Crippen LogP contribution is 2.25. The molecule has 1 N–H and O–H groups in total. The maximum absolute atomic E-state index is 14.5. The van der Waals surface area contributed by atoms with Crippen LogP contribution in [0, 0.1) is 28.7 Å². The van der Waals surface area contributed by atoms with E-state index in [1.165, 1.54) is 24.3 Å². The Morgan fingerprint density at radius 3 is 2.65 bits per heavy atom. The SMILES string of the molecule is Cc1ccc(NC(=O)CSc2nc3ccccc3c(=O)n2-c2ccc(F)cc2F)cc1[N+](=O)[O-]. The highest BCUT2D eigenvalue weighted by atomic mass is 32.2. The van der Waals surface area contributed by atoms with Gasteiger partial charge in [-0.15, -0.1) is 0 Å². The molecule has 0 spiro atoms. The average molecular weight is 482 g/mol. The van der Waals surface area contributed by atoms with E-state index in [2.05, 4.69) is 10.3 Å². The van der Waals surface area contributed by atoms with Crippen molar-refractivity contribution in [2.75, 3.05) is 11.1 Å². The fourth-order valence-corrected chi connectivity index (χ4v) is 4.10. The molecule has 1 heterocycles. The summed E-state index contributed by atoms with van der Waals surface area (Å²) in [6.45, 7) is 1.58. The summed E-state index contributed by atoms with van der Waals surface area (Å²) in [7, 11) is 0. The molecule has 1 aromatic heterocycles. The van der Waals surface area contributed by atoms with Crippen molar-refractivity contribution in [1.82, 2.24) is 9.55 Å². The second-order valence-corrected chi connectivity index (χ2v) is 8.19. The van der Waals surface area contributed by atoms with Crippen LogP contribution in [0.5, 0.6) is 0 Å². The lowest BCUT2D eigenvalue weighted by atomic mass is 10.2. The molecule has 1 amide bonds. The molecule has 3 aromatic carbocycles. The number of hydrogen-bond acceptors (Lipinski definition) is 6. The number of carbonyl (C=O) groups excluding carboxylic acids is 1. The van der Waals surface area contributed by atoms with Gasteiger partial charge >= 0.3 is 0 Å². The van der Waals surface area contributed by atoms with Gasteiger partial charge in [0.2, 0.25) is 5.91 Å². The van der Waals surface area contributed by atoms with Gasteiger partial charge in [0, 0.05) is 23.4 Å². The van der Waals surface area contributed by atoms with Gasteiger partial charge in [-0.3, -0.25) is 24.3 Å². The summed E-state index contributed by atoms with van der Waals surface area (Å²) in [5.74, 6) is -2.51. The topological polar surface area (TPSA) is 107 Å². The molecule has 0 saturated heterocycles. The lowest BCUT2D eigenvalue weighted by Crippen LogP contribution is -2.23. The number of halogens is 2. The maximum Gasteiger partial charge on any atom is 0.274 e. The molecule has 4 rings (SSSR count). The van der Waals surface area contributed by atoms with Crippen LogP contribution in [0.2, 0.25) is 0 Å². The van der Waals surface area contributed by atoms with Gasteiger partial charge < -0.3 is 5.32 Å². The van der Waals surface area contributed by atoms with Gasteiger partial charge in [0.05, 0.1) is 27.3 Å².